The first kappa shape index (κ1) is 15.5. The van der Waals surface area contributed by atoms with Crippen LogP contribution in [0, 0.1) is 0 Å². The molecule has 0 aliphatic rings. The van der Waals surface area contributed by atoms with Crippen molar-refractivity contribution in [3.05, 3.63) is 29.8 Å². The minimum atomic E-state index is 0.332. The lowest BCUT2D eigenvalue weighted by Crippen LogP contribution is -2.11. The van der Waals surface area contributed by atoms with Crippen LogP contribution in [0.25, 0.3) is 0 Å². The SMILES string of the molecule is CNC(C)c1ccc(SCCCCCCO)cc1. The number of nitrogens with one attached hydrogen (secondary N) is 1. The summed E-state index contributed by atoms with van der Waals surface area (Å²) in [5.74, 6) is 1.17. The van der Waals surface area contributed by atoms with Gasteiger partial charge in [-0.2, -0.15) is 0 Å². The summed E-state index contributed by atoms with van der Waals surface area (Å²) in [6.45, 7) is 2.50. The zero-order chi connectivity index (χ0) is 13.2. The quantitative estimate of drug-likeness (QED) is 0.529. The molecule has 1 aromatic carbocycles. The topological polar surface area (TPSA) is 32.3 Å². The molecule has 2 N–H and O–H groups in total. The summed E-state index contributed by atoms with van der Waals surface area (Å²) in [5.41, 5.74) is 1.34. The third kappa shape index (κ3) is 5.89. The van der Waals surface area contributed by atoms with Crippen molar-refractivity contribution in [1.29, 1.82) is 0 Å². The highest BCUT2D eigenvalue weighted by atomic mass is 32.2. The summed E-state index contributed by atoms with van der Waals surface area (Å²) < 4.78 is 0. The second-order valence-electron chi connectivity index (χ2n) is 4.57. The minimum absolute atomic E-state index is 0.332. The summed E-state index contributed by atoms with van der Waals surface area (Å²) in [5, 5.41) is 11.9. The third-order valence-corrected chi connectivity index (χ3v) is 4.23. The van der Waals surface area contributed by atoms with Gasteiger partial charge in [-0.25, -0.2) is 0 Å². The van der Waals surface area contributed by atoms with Crippen LogP contribution in [-0.2, 0) is 0 Å². The van der Waals surface area contributed by atoms with E-state index in [4.69, 9.17) is 5.11 Å². The lowest BCUT2D eigenvalue weighted by atomic mass is 10.1. The Hall–Kier alpha value is -0.510. The van der Waals surface area contributed by atoms with Crippen LogP contribution < -0.4 is 5.32 Å². The smallest absolute Gasteiger partial charge is 0.0431 e. The van der Waals surface area contributed by atoms with Crippen molar-refractivity contribution in [1.82, 2.24) is 5.32 Å². The first-order valence-electron chi connectivity index (χ1n) is 6.79. The van der Waals surface area contributed by atoms with Gasteiger partial charge in [0.15, 0.2) is 0 Å². The molecule has 1 unspecified atom stereocenters. The maximum Gasteiger partial charge on any atom is 0.0431 e. The van der Waals surface area contributed by atoms with Gasteiger partial charge in [0.2, 0.25) is 0 Å². The number of aliphatic hydroxyl groups is 1. The van der Waals surface area contributed by atoms with Crippen molar-refractivity contribution >= 4 is 11.8 Å². The molecule has 1 rings (SSSR count). The van der Waals surface area contributed by atoms with Crippen LogP contribution in [0.1, 0.15) is 44.2 Å². The van der Waals surface area contributed by atoms with Crippen LogP contribution in [0.15, 0.2) is 29.2 Å². The first-order valence-corrected chi connectivity index (χ1v) is 7.77. The van der Waals surface area contributed by atoms with E-state index in [1.807, 2.05) is 18.8 Å². The van der Waals surface area contributed by atoms with Gasteiger partial charge in [0.1, 0.15) is 0 Å². The fourth-order valence-corrected chi connectivity index (χ4v) is 2.69. The molecule has 18 heavy (non-hydrogen) atoms. The molecule has 0 radical (unpaired) electrons. The van der Waals surface area contributed by atoms with Crippen LogP contribution in [-0.4, -0.2) is 24.5 Å². The van der Waals surface area contributed by atoms with E-state index in [-0.39, 0.29) is 0 Å². The Labute approximate surface area is 115 Å². The number of thioether (sulfide) groups is 1. The number of rotatable bonds is 9. The van der Waals surface area contributed by atoms with Gasteiger partial charge in [-0.3, -0.25) is 0 Å². The van der Waals surface area contributed by atoms with Crippen LogP contribution in [0.2, 0.25) is 0 Å². The van der Waals surface area contributed by atoms with E-state index < -0.39 is 0 Å². The molecule has 3 heteroatoms. The van der Waals surface area contributed by atoms with E-state index in [1.54, 1.807) is 0 Å². The molecule has 0 aliphatic heterocycles. The predicted octanol–water partition coefficient (Wildman–Crippen LogP) is 3.61. The summed E-state index contributed by atoms with van der Waals surface area (Å²) in [6, 6.07) is 9.25. The maximum atomic E-state index is 8.68. The van der Waals surface area contributed by atoms with E-state index in [1.165, 1.54) is 29.1 Å². The van der Waals surface area contributed by atoms with E-state index in [2.05, 4.69) is 36.5 Å². The molecule has 1 atom stereocenters. The number of hydrogen-bond donors (Lipinski definition) is 2. The summed E-state index contributed by atoms with van der Waals surface area (Å²) >= 11 is 1.92. The van der Waals surface area contributed by atoms with Crippen LogP contribution in [0.4, 0.5) is 0 Å². The number of unbranched alkanes of at least 4 members (excludes halogenated alkanes) is 3. The van der Waals surface area contributed by atoms with Crippen molar-refractivity contribution < 1.29 is 5.11 Å². The Morgan fingerprint density at radius 1 is 1.11 bits per heavy atom. The number of aliphatic hydroxyl groups excluding tert-OH is 1. The average molecular weight is 267 g/mol. The number of hydrogen-bond acceptors (Lipinski definition) is 3. The van der Waals surface area contributed by atoms with Gasteiger partial charge in [0, 0.05) is 17.5 Å². The van der Waals surface area contributed by atoms with Gasteiger partial charge < -0.3 is 10.4 Å². The Kier molecular flexibility index (Phi) is 8.14. The molecular formula is C15H25NOS. The largest absolute Gasteiger partial charge is 0.396 e. The molecule has 0 aliphatic carbocycles. The highest BCUT2D eigenvalue weighted by molar-refractivity contribution is 7.99. The van der Waals surface area contributed by atoms with Crippen LogP contribution in [0.3, 0.4) is 0 Å². The Morgan fingerprint density at radius 2 is 1.78 bits per heavy atom. The zero-order valence-corrected chi connectivity index (χ0v) is 12.3. The Bertz CT molecular complexity index is 313. The highest BCUT2D eigenvalue weighted by Crippen LogP contribution is 2.22. The standard InChI is InChI=1S/C15H25NOS/c1-13(16-2)14-7-9-15(10-8-14)18-12-6-4-3-5-11-17/h7-10,13,16-17H,3-6,11-12H2,1-2H3. The molecule has 1 aromatic rings. The Balaban J connectivity index is 2.22. The molecular weight excluding hydrogens is 242 g/mol. The van der Waals surface area contributed by atoms with Crippen LogP contribution in [0.5, 0.6) is 0 Å². The molecule has 0 spiro atoms. The fraction of sp³-hybridized carbons (Fsp3) is 0.600. The summed E-state index contributed by atoms with van der Waals surface area (Å²) in [7, 11) is 1.99. The summed E-state index contributed by atoms with van der Waals surface area (Å²) in [6.07, 6.45) is 4.55. The van der Waals surface area contributed by atoms with Crippen molar-refractivity contribution in [2.45, 2.75) is 43.5 Å². The lowest BCUT2D eigenvalue weighted by molar-refractivity contribution is 0.283. The number of benzene rings is 1. The van der Waals surface area contributed by atoms with Crippen molar-refractivity contribution in [2.75, 3.05) is 19.4 Å². The van der Waals surface area contributed by atoms with Crippen LogP contribution >= 0.6 is 11.8 Å². The predicted molar refractivity (Wildman–Crippen MR) is 80.2 cm³/mol. The molecule has 0 bridgehead atoms. The average Bonchev–Trinajstić information content (AvgIpc) is 2.42. The van der Waals surface area contributed by atoms with Gasteiger partial charge in [0.25, 0.3) is 0 Å². The molecule has 0 saturated carbocycles. The van der Waals surface area contributed by atoms with Crippen molar-refractivity contribution in [2.24, 2.45) is 0 Å². The van der Waals surface area contributed by atoms with E-state index >= 15 is 0 Å². The van der Waals surface area contributed by atoms with Gasteiger partial charge in [-0.05, 0) is 50.3 Å². The lowest BCUT2D eigenvalue weighted by Gasteiger charge is -2.10. The molecule has 2 nitrogen and oxygen atoms in total. The third-order valence-electron chi connectivity index (χ3n) is 3.13. The molecule has 0 aromatic heterocycles. The molecule has 0 saturated heterocycles. The molecule has 102 valence electrons. The fourth-order valence-electron chi connectivity index (χ4n) is 1.78. The highest BCUT2D eigenvalue weighted by Gasteiger charge is 2.01. The summed E-state index contributed by atoms with van der Waals surface area (Å²) in [4.78, 5) is 1.35. The second-order valence-corrected chi connectivity index (χ2v) is 5.73. The minimum Gasteiger partial charge on any atom is -0.396 e. The van der Waals surface area contributed by atoms with E-state index in [0.29, 0.717) is 12.6 Å². The van der Waals surface area contributed by atoms with Crippen molar-refractivity contribution in [3.63, 3.8) is 0 Å². The maximum absolute atomic E-state index is 8.68. The van der Waals surface area contributed by atoms with Gasteiger partial charge in [-0.1, -0.05) is 25.0 Å². The van der Waals surface area contributed by atoms with Gasteiger partial charge >= 0.3 is 0 Å². The van der Waals surface area contributed by atoms with Crippen molar-refractivity contribution in [3.8, 4) is 0 Å². The Morgan fingerprint density at radius 3 is 2.39 bits per heavy atom. The van der Waals surface area contributed by atoms with E-state index in [0.717, 1.165) is 12.8 Å². The first-order chi connectivity index (χ1) is 8.77. The molecule has 0 fully saturated rings. The van der Waals surface area contributed by atoms with Gasteiger partial charge in [-0.15, -0.1) is 11.8 Å². The zero-order valence-electron chi connectivity index (χ0n) is 11.5. The second kappa shape index (κ2) is 9.42. The normalized spacial score (nSPS) is 12.6. The molecule has 0 heterocycles. The van der Waals surface area contributed by atoms with E-state index in [9.17, 15) is 0 Å². The monoisotopic (exact) mass is 267 g/mol. The van der Waals surface area contributed by atoms with Gasteiger partial charge in [0.05, 0.1) is 0 Å². The molecule has 0 amide bonds.